The average molecular weight is 298 g/mol. The molecular formula is C14H20ClN3O2. The van der Waals surface area contributed by atoms with Gasteiger partial charge in [-0.3, -0.25) is 4.79 Å². The van der Waals surface area contributed by atoms with Crippen molar-refractivity contribution >= 4 is 17.3 Å². The molecule has 2 aliphatic rings. The van der Waals surface area contributed by atoms with Gasteiger partial charge < -0.3 is 10.1 Å². The molecule has 2 aliphatic carbocycles. The largest absolute Gasteiger partial charge is 0.379 e. The lowest BCUT2D eigenvalue weighted by Gasteiger charge is -2.61. The quantitative estimate of drug-likeness (QED) is 0.925. The average Bonchev–Trinajstić information content (AvgIpc) is 2.35. The molecule has 0 saturated heterocycles. The van der Waals surface area contributed by atoms with Gasteiger partial charge in [-0.1, -0.05) is 18.0 Å². The van der Waals surface area contributed by atoms with E-state index in [4.69, 9.17) is 16.3 Å². The number of hydrogen-bond acceptors (Lipinski definition) is 4. The highest BCUT2D eigenvalue weighted by Gasteiger charge is 2.59. The number of anilines is 1. The molecular weight excluding hydrogens is 278 g/mol. The van der Waals surface area contributed by atoms with Crippen LogP contribution in [0.2, 0.25) is 5.02 Å². The number of ether oxygens (including phenoxy) is 1. The number of rotatable bonds is 4. The van der Waals surface area contributed by atoms with E-state index in [0.717, 1.165) is 13.0 Å². The van der Waals surface area contributed by atoms with E-state index in [1.165, 1.54) is 23.9 Å². The van der Waals surface area contributed by atoms with E-state index >= 15 is 0 Å². The monoisotopic (exact) mass is 297 g/mol. The lowest BCUT2D eigenvalue weighted by molar-refractivity contribution is -0.157. The highest BCUT2D eigenvalue weighted by atomic mass is 35.5. The van der Waals surface area contributed by atoms with Crippen LogP contribution in [0.4, 0.5) is 5.69 Å². The van der Waals surface area contributed by atoms with E-state index in [1.54, 1.807) is 13.2 Å². The summed E-state index contributed by atoms with van der Waals surface area (Å²) in [5.41, 5.74) is 0.612. The van der Waals surface area contributed by atoms with Crippen LogP contribution in [0.3, 0.4) is 0 Å². The predicted octanol–water partition coefficient (Wildman–Crippen LogP) is 2.19. The number of nitrogens with one attached hydrogen (secondary N) is 1. The van der Waals surface area contributed by atoms with Gasteiger partial charge in [-0.05, 0) is 26.2 Å². The van der Waals surface area contributed by atoms with E-state index in [0.29, 0.717) is 17.8 Å². The first-order chi connectivity index (χ1) is 9.58. The molecule has 1 spiro atoms. The van der Waals surface area contributed by atoms with Gasteiger partial charge >= 0.3 is 0 Å². The molecule has 5 nitrogen and oxygen atoms in total. The van der Waals surface area contributed by atoms with Crippen molar-refractivity contribution in [2.75, 3.05) is 11.9 Å². The first kappa shape index (κ1) is 13.9. The van der Waals surface area contributed by atoms with Gasteiger partial charge in [-0.2, -0.15) is 5.10 Å². The van der Waals surface area contributed by atoms with Gasteiger partial charge in [0.05, 0.1) is 18.0 Å². The lowest BCUT2D eigenvalue weighted by atomic mass is 9.51. The fourth-order valence-corrected chi connectivity index (χ4v) is 3.67. The molecule has 0 aromatic carbocycles. The van der Waals surface area contributed by atoms with Crippen molar-refractivity contribution in [3.05, 3.63) is 21.6 Å². The molecule has 0 bridgehead atoms. The Bertz CT molecular complexity index is 568. The van der Waals surface area contributed by atoms with Crippen LogP contribution in [0.15, 0.2) is 11.0 Å². The fraction of sp³-hybridized carbons (Fsp3) is 0.714. The van der Waals surface area contributed by atoms with Crippen LogP contribution in [-0.4, -0.2) is 28.5 Å². The van der Waals surface area contributed by atoms with Crippen LogP contribution in [0, 0.1) is 5.41 Å². The Hall–Kier alpha value is -1.07. The molecule has 2 fully saturated rings. The molecule has 20 heavy (non-hydrogen) atoms. The van der Waals surface area contributed by atoms with Gasteiger partial charge in [0, 0.05) is 25.1 Å². The van der Waals surface area contributed by atoms with Crippen LogP contribution in [0.5, 0.6) is 0 Å². The van der Waals surface area contributed by atoms with Crippen molar-refractivity contribution in [2.24, 2.45) is 12.5 Å². The minimum absolute atomic E-state index is 0.219. The molecule has 1 aromatic heterocycles. The highest BCUT2D eigenvalue weighted by molar-refractivity contribution is 6.32. The van der Waals surface area contributed by atoms with Crippen molar-refractivity contribution in [1.82, 2.24) is 9.78 Å². The Kier molecular flexibility index (Phi) is 3.50. The number of hydrogen-bond donors (Lipinski definition) is 1. The van der Waals surface area contributed by atoms with Gasteiger partial charge in [0.25, 0.3) is 5.56 Å². The molecule has 2 unspecified atom stereocenters. The topological polar surface area (TPSA) is 56.1 Å². The molecule has 2 atom stereocenters. The standard InChI is InChI=1S/C14H20ClN3O2/c1-3-20-11-7-10(14(11)5-4-6-14)17-9-8-16-18(2)13(19)12(9)15/h8,10-11,17H,3-7H2,1-2H3. The Morgan fingerprint density at radius 2 is 2.35 bits per heavy atom. The summed E-state index contributed by atoms with van der Waals surface area (Å²) in [6.07, 6.45) is 6.57. The Morgan fingerprint density at radius 1 is 1.60 bits per heavy atom. The van der Waals surface area contributed by atoms with E-state index in [-0.39, 0.29) is 16.0 Å². The van der Waals surface area contributed by atoms with Gasteiger partial charge in [0.15, 0.2) is 0 Å². The highest BCUT2D eigenvalue weighted by Crippen LogP contribution is 2.58. The maximum atomic E-state index is 11.8. The third-order valence-corrected chi connectivity index (χ3v) is 5.21. The second-order valence-electron chi connectivity index (χ2n) is 5.76. The lowest BCUT2D eigenvalue weighted by Crippen LogP contribution is -2.64. The molecule has 0 amide bonds. The summed E-state index contributed by atoms with van der Waals surface area (Å²) in [7, 11) is 1.60. The van der Waals surface area contributed by atoms with Crippen molar-refractivity contribution in [3.63, 3.8) is 0 Å². The van der Waals surface area contributed by atoms with Crippen LogP contribution in [0.25, 0.3) is 0 Å². The van der Waals surface area contributed by atoms with Crippen molar-refractivity contribution < 1.29 is 4.74 Å². The Balaban J connectivity index is 1.76. The minimum atomic E-state index is -0.264. The SMILES string of the molecule is CCOC1CC(Nc2cnn(C)c(=O)c2Cl)C12CCC2. The molecule has 1 heterocycles. The minimum Gasteiger partial charge on any atom is -0.379 e. The second kappa shape index (κ2) is 5.04. The summed E-state index contributed by atoms with van der Waals surface area (Å²) < 4.78 is 7.07. The summed E-state index contributed by atoms with van der Waals surface area (Å²) in [6, 6.07) is 0.333. The van der Waals surface area contributed by atoms with Crippen molar-refractivity contribution in [3.8, 4) is 0 Å². The van der Waals surface area contributed by atoms with Crippen molar-refractivity contribution in [2.45, 2.75) is 44.8 Å². The van der Waals surface area contributed by atoms with Crippen LogP contribution < -0.4 is 10.9 Å². The summed E-state index contributed by atoms with van der Waals surface area (Å²) in [5, 5.41) is 7.65. The fourth-order valence-electron chi connectivity index (χ4n) is 3.44. The van der Waals surface area contributed by atoms with Gasteiger partial charge in [-0.25, -0.2) is 4.68 Å². The van der Waals surface area contributed by atoms with Gasteiger partial charge in [0.2, 0.25) is 0 Å². The molecule has 2 saturated carbocycles. The summed E-state index contributed by atoms with van der Waals surface area (Å²) in [4.78, 5) is 11.8. The molecule has 6 heteroatoms. The third kappa shape index (κ3) is 1.95. The zero-order valence-corrected chi connectivity index (χ0v) is 12.6. The summed E-state index contributed by atoms with van der Waals surface area (Å²) in [5.74, 6) is 0. The zero-order valence-electron chi connectivity index (χ0n) is 11.9. The number of aromatic nitrogens is 2. The smallest absolute Gasteiger partial charge is 0.287 e. The summed E-state index contributed by atoms with van der Waals surface area (Å²) >= 11 is 6.11. The first-order valence-corrected chi connectivity index (χ1v) is 7.56. The Morgan fingerprint density at radius 3 is 2.95 bits per heavy atom. The Labute approximate surface area is 123 Å². The molecule has 1 aromatic rings. The van der Waals surface area contributed by atoms with E-state index in [2.05, 4.69) is 10.4 Å². The number of aryl methyl sites for hydroxylation is 1. The zero-order chi connectivity index (χ0) is 14.3. The van der Waals surface area contributed by atoms with Gasteiger partial charge in [-0.15, -0.1) is 0 Å². The van der Waals surface area contributed by atoms with E-state index in [9.17, 15) is 4.79 Å². The predicted molar refractivity (Wildman–Crippen MR) is 78.2 cm³/mol. The van der Waals surface area contributed by atoms with Crippen LogP contribution in [-0.2, 0) is 11.8 Å². The maximum absolute atomic E-state index is 11.8. The van der Waals surface area contributed by atoms with Crippen LogP contribution >= 0.6 is 11.6 Å². The summed E-state index contributed by atoms with van der Waals surface area (Å²) in [6.45, 7) is 2.79. The number of halogens is 1. The molecule has 1 N–H and O–H groups in total. The van der Waals surface area contributed by atoms with Crippen molar-refractivity contribution in [1.29, 1.82) is 0 Å². The second-order valence-corrected chi connectivity index (χ2v) is 6.14. The number of nitrogens with zero attached hydrogens (tertiary/aromatic N) is 2. The molecule has 0 radical (unpaired) electrons. The molecule has 110 valence electrons. The maximum Gasteiger partial charge on any atom is 0.287 e. The molecule has 0 aliphatic heterocycles. The van der Waals surface area contributed by atoms with E-state index < -0.39 is 0 Å². The molecule has 3 rings (SSSR count). The first-order valence-electron chi connectivity index (χ1n) is 7.18. The van der Waals surface area contributed by atoms with Gasteiger partial charge in [0.1, 0.15) is 5.02 Å². The van der Waals surface area contributed by atoms with Crippen LogP contribution in [0.1, 0.15) is 32.6 Å². The normalized spacial score (nSPS) is 26.9. The third-order valence-electron chi connectivity index (χ3n) is 4.85. The van der Waals surface area contributed by atoms with E-state index in [1.807, 2.05) is 6.92 Å².